The Balaban J connectivity index is 2.53. The summed E-state index contributed by atoms with van der Waals surface area (Å²) in [6.45, 7) is 4.63. The van der Waals surface area contributed by atoms with E-state index < -0.39 is 0 Å². The van der Waals surface area contributed by atoms with Gasteiger partial charge in [-0.25, -0.2) is 0 Å². The van der Waals surface area contributed by atoms with E-state index in [1.54, 1.807) is 6.92 Å². The summed E-state index contributed by atoms with van der Waals surface area (Å²) in [5.41, 5.74) is 0.581. The molecular formula is C9H13NO4. The Morgan fingerprint density at radius 3 is 3.00 bits per heavy atom. The van der Waals surface area contributed by atoms with Crippen molar-refractivity contribution in [3.63, 3.8) is 0 Å². The number of aromatic nitrogens is 1. The molecule has 0 spiro atoms. The average molecular weight is 199 g/mol. The number of oxazole rings is 1. The minimum absolute atomic E-state index is 0.0796. The van der Waals surface area contributed by atoms with Gasteiger partial charge < -0.3 is 13.9 Å². The Labute approximate surface area is 82.0 Å². The lowest BCUT2D eigenvalue weighted by Gasteiger charge is -1.99. The molecule has 1 rings (SSSR count). The number of carbonyl (C=O) groups is 1. The topological polar surface area (TPSA) is 61.6 Å². The molecule has 0 amide bonds. The smallest absolute Gasteiger partial charge is 0.404 e. The third-order valence-corrected chi connectivity index (χ3v) is 1.61. The van der Waals surface area contributed by atoms with E-state index in [-0.39, 0.29) is 12.5 Å². The molecule has 0 unspecified atom stereocenters. The summed E-state index contributed by atoms with van der Waals surface area (Å²) in [6, 6.07) is 0. The Morgan fingerprint density at radius 2 is 2.36 bits per heavy atom. The first-order valence-corrected chi connectivity index (χ1v) is 4.48. The molecule has 0 radical (unpaired) electrons. The number of hydrogen-bond donors (Lipinski definition) is 0. The minimum Gasteiger partial charge on any atom is -0.464 e. The largest absolute Gasteiger partial charge is 0.464 e. The Kier molecular flexibility index (Phi) is 3.97. The van der Waals surface area contributed by atoms with Crippen molar-refractivity contribution < 1.29 is 18.7 Å². The molecule has 1 aromatic rings. The van der Waals surface area contributed by atoms with E-state index in [1.807, 2.05) is 0 Å². The fourth-order valence-electron chi connectivity index (χ4n) is 0.893. The zero-order valence-electron chi connectivity index (χ0n) is 8.28. The summed E-state index contributed by atoms with van der Waals surface area (Å²) in [6.07, 6.45) is 1.92. The molecule has 0 atom stereocenters. The third-order valence-electron chi connectivity index (χ3n) is 1.61. The van der Waals surface area contributed by atoms with Crippen LogP contribution in [-0.2, 0) is 4.79 Å². The lowest BCUT2D eigenvalue weighted by molar-refractivity contribution is -0.122. The molecule has 5 nitrogen and oxygen atoms in total. The fourth-order valence-corrected chi connectivity index (χ4v) is 0.893. The highest BCUT2D eigenvalue weighted by Gasteiger charge is 2.11. The number of hydrogen-bond acceptors (Lipinski definition) is 5. The normalized spacial score (nSPS) is 9.86. The molecule has 0 saturated carbocycles. The van der Waals surface area contributed by atoms with Gasteiger partial charge >= 0.3 is 18.5 Å². The van der Waals surface area contributed by atoms with Crippen molar-refractivity contribution in [3.05, 3.63) is 5.69 Å². The Morgan fingerprint density at radius 1 is 1.57 bits per heavy atom. The highest BCUT2D eigenvalue weighted by atomic mass is 16.7. The second-order valence-electron chi connectivity index (χ2n) is 2.77. The molecule has 0 aliphatic heterocycles. The first-order valence-electron chi connectivity index (χ1n) is 4.48. The first kappa shape index (κ1) is 10.6. The minimum atomic E-state index is -0.0796. The van der Waals surface area contributed by atoms with E-state index in [1.165, 1.54) is 0 Å². The monoisotopic (exact) mass is 199 g/mol. The maximum absolute atomic E-state index is 9.99. The molecule has 0 aromatic carbocycles. The van der Waals surface area contributed by atoms with Gasteiger partial charge in [0.15, 0.2) is 0 Å². The molecule has 5 heteroatoms. The summed E-state index contributed by atoms with van der Waals surface area (Å²) < 4.78 is 14.7. The van der Waals surface area contributed by atoms with Crippen LogP contribution in [-0.4, -0.2) is 18.1 Å². The van der Waals surface area contributed by atoms with Crippen LogP contribution in [0.5, 0.6) is 12.0 Å². The van der Waals surface area contributed by atoms with Crippen molar-refractivity contribution in [1.82, 2.24) is 4.98 Å². The van der Waals surface area contributed by atoms with E-state index in [0.717, 1.165) is 12.8 Å². The van der Waals surface area contributed by atoms with Crippen LogP contribution in [0.4, 0.5) is 0 Å². The molecule has 1 heterocycles. The third kappa shape index (κ3) is 2.76. The lowest BCUT2D eigenvalue weighted by Crippen LogP contribution is -1.96. The van der Waals surface area contributed by atoms with Crippen LogP contribution in [0, 0.1) is 6.92 Å². The summed E-state index contributed by atoms with van der Waals surface area (Å²) in [7, 11) is 0. The SMILES string of the molecule is CCCCOc1oc(OC=O)nc1C. The second-order valence-corrected chi connectivity index (χ2v) is 2.77. The summed E-state index contributed by atoms with van der Waals surface area (Å²) in [5.74, 6) is 0.315. The van der Waals surface area contributed by atoms with Crippen molar-refractivity contribution in [1.29, 1.82) is 0 Å². The number of carbonyl (C=O) groups excluding carboxylic acids is 1. The predicted octanol–water partition coefficient (Wildman–Crippen LogP) is 1.70. The van der Waals surface area contributed by atoms with Crippen molar-refractivity contribution in [2.75, 3.05) is 6.61 Å². The van der Waals surface area contributed by atoms with E-state index >= 15 is 0 Å². The zero-order chi connectivity index (χ0) is 10.4. The van der Waals surface area contributed by atoms with Crippen molar-refractivity contribution in [2.45, 2.75) is 26.7 Å². The second kappa shape index (κ2) is 5.26. The van der Waals surface area contributed by atoms with Gasteiger partial charge in [0.05, 0.1) is 6.61 Å². The van der Waals surface area contributed by atoms with Crippen LogP contribution in [0.3, 0.4) is 0 Å². The number of aryl methyl sites for hydroxylation is 1. The lowest BCUT2D eigenvalue weighted by atomic mass is 10.4. The molecule has 0 N–H and O–H groups in total. The predicted molar refractivity (Wildman–Crippen MR) is 48.3 cm³/mol. The Hall–Kier alpha value is -1.52. The van der Waals surface area contributed by atoms with Gasteiger partial charge in [-0.05, 0) is 13.3 Å². The van der Waals surface area contributed by atoms with Crippen LogP contribution in [0.25, 0.3) is 0 Å². The standard InChI is InChI=1S/C9H13NO4/c1-3-4-5-12-8-7(2)10-9(14-8)13-6-11/h6H,3-5H2,1-2H3. The number of rotatable bonds is 6. The number of nitrogens with zero attached hydrogens (tertiary/aromatic N) is 1. The van der Waals surface area contributed by atoms with Crippen LogP contribution in [0.15, 0.2) is 4.42 Å². The molecule has 0 aliphatic rings. The van der Waals surface area contributed by atoms with E-state index in [0.29, 0.717) is 18.2 Å². The number of unbranched alkanes of at least 4 members (excludes halogenated alkanes) is 1. The van der Waals surface area contributed by atoms with E-state index in [4.69, 9.17) is 9.15 Å². The zero-order valence-corrected chi connectivity index (χ0v) is 8.28. The molecule has 78 valence electrons. The van der Waals surface area contributed by atoms with E-state index in [2.05, 4.69) is 16.6 Å². The van der Waals surface area contributed by atoms with Gasteiger partial charge in [0.1, 0.15) is 5.69 Å². The van der Waals surface area contributed by atoms with Crippen LogP contribution in [0.2, 0.25) is 0 Å². The van der Waals surface area contributed by atoms with Crippen molar-refractivity contribution in [2.24, 2.45) is 0 Å². The average Bonchev–Trinajstić information content (AvgIpc) is 2.48. The van der Waals surface area contributed by atoms with Crippen LogP contribution < -0.4 is 9.47 Å². The van der Waals surface area contributed by atoms with Crippen LogP contribution >= 0.6 is 0 Å². The molecule has 14 heavy (non-hydrogen) atoms. The number of ether oxygens (including phenoxy) is 2. The Bertz CT molecular complexity index is 295. The molecular weight excluding hydrogens is 186 g/mol. The molecule has 0 saturated heterocycles. The van der Waals surface area contributed by atoms with Gasteiger partial charge in [0.25, 0.3) is 0 Å². The summed E-state index contributed by atoms with van der Waals surface area (Å²) in [4.78, 5) is 13.8. The fraction of sp³-hybridized carbons (Fsp3) is 0.556. The van der Waals surface area contributed by atoms with Gasteiger partial charge in [-0.1, -0.05) is 13.3 Å². The van der Waals surface area contributed by atoms with Crippen molar-refractivity contribution in [3.8, 4) is 12.0 Å². The van der Waals surface area contributed by atoms with Gasteiger partial charge in [-0.15, -0.1) is 0 Å². The molecule has 0 bridgehead atoms. The van der Waals surface area contributed by atoms with E-state index in [9.17, 15) is 4.79 Å². The first-order chi connectivity index (χ1) is 6.77. The quantitative estimate of drug-likeness (QED) is 0.515. The van der Waals surface area contributed by atoms with Gasteiger partial charge in [-0.2, -0.15) is 4.98 Å². The van der Waals surface area contributed by atoms with Gasteiger partial charge in [-0.3, -0.25) is 4.79 Å². The highest BCUT2D eigenvalue weighted by Crippen LogP contribution is 2.23. The maximum Gasteiger partial charge on any atom is 0.404 e. The van der Waals surface area contributed by atoms with Gasteiger partial charge in [0.2, 0.25) is 0 Å². The maximum atomic E-state index is 9.99. The summed E-state index contributed by atoms with van der Waals surface area (Å²) >= 11 is 0. The van der Waals surface area contributed by atoms with Gasteiger partial charge in [0, 0.05) is 0 Å². The molecule has 1 aromatic heterocycles. The molecule has 0 aliphatic carbocycles. The molecule has 0 fully saturated rings. The van der Waals surface area contributed by atoms with Crippen LogP contribution in [0.1, 0.15) is 25.5 Å². The summed E-state index contributed by atoms with van der Waals surface area (Å²) in [5, 5.41) is 0. The highest BCUT2D eigenvalue weighted by molar-refractivity contribution is 5.41. The van der Waals surface area contributed by atoms with Crippen molar-refractivity contribution >= 4 is 6.47 Å².